The van der Waals surface area contributed by atoms with Crippen molar-refractivity contribution in [3.05, 3.63) is 48.3 Å². The Morgan fingerprint density at radius 1 is 1.17 bits per heavy atom. The van der Waals surface area contributed by atoms with E-state index >= 15 is 0 Å². The number of hydrogen-bond acceptors (Lipinski definition) is 3. The third kappa shape index (κ3) is 2.97. The number of rotatable bonds is 4. The van der Waals surface area contributed by atoms with E-state index in [9.17, 15) is 13.6 Å². The molecule has 0 N–H and O–H groups in total. The highest BCUT2D eigenvalue weighted by molar-refractivity contribution is 5.81. The first-order valence-corrected chi connectivity index (χ1v) is 7.23. The Labute approximate surface area is 131 Å². The summed E-state index contributed by atoms with van der Waals surface area (Å²) in [6, 6.07) is 5.54. The maximum atomic E-state index is 13.4. The monoisotopic (exact) mass is 315 g/mol. The largest absolute Gasteiger partial charge is 0.300 e. The first-order chi connectivity index (χ1) is 11.0. The Bertz CT molecular complexity index is 889. The Morgan fingerprint density at radius 2 is 1.96 bits per heavy atom. The van der Waals surface area contributed by atoms with Crippen molar-refractivity contribution < 1.29 is 13.6 Å². The van der Waals surface area contributed by atoms with Crippen LogP contribution in [0.5, 0.6) is 0 Å². The quantitative estimate of drug-likeness (QED) is 0.739. The van der Waals surface area contributed by atoms with Crippen LogP contribution in [0.4, 0.5) is 8.78 Å². The Morgan fingerprint density at radius 3 is 2.65 bits per heavy atom. The molecule has 3 rings (SSSR count). The Kier molecular flexibility index (Phi) is 3.90. The molecule has 0 radical (unpaired) electrons. The zero-order chi connectivity index (χ0) is 16.6. The molecule has 1 aromatic carbocycles. The average Bonchev–Trinajstić information content (AvgIpc) is 2.92. The van der Waals surface area contributed by atoms with Gasteiger partial charge < -0.3 is 0 Å². The summed E-state index contributed by atoms with van der Waals surface area (Å²) in [5.41, 5.74) is 2.63. The molecule has 6 heteroatoms. The number of carbonyl (C=O) groups is 1. The second kappa shape index (κ2) is 5.87. The van der Waals surface area contributed by atoms with Crippen LogP contribution in [0.25, 0.3) is 22.2 Å². The van der Waals surface area contributed by atoms with Gasteiger partial charge in [0.15, 0.2) is 11.6 Å². The van der Waals surface area contributed by atoms with Crippen LogP contribution in [0.3, 0.4) is 0 Å². The lowest BCUT2D eigenvalue weighted by Crippen LogP contribution is -2.15. The second-order valence-corrected chi connectivity index (χ2v) is 5.60. The van der Waals surface area contributed by atoms with Gasteiger partial charge in [0.25, 0.3) is 0 Å². The molecule has 0 spiro atoms. The van der Waals surface area contributed by atoms with Crippen LogP contribution in [0, 0.1) is 17.6 Å². The van der Waals surface area contributed by atoms with E-state index in [0.717, 1.165) is 17.6 Å². The normalized spacial score (nSPS) is 12.5. The van der Waals surface area contributed by atoms with Gasteiger partial charge in [0.1, 0.15) is 11.3 Å². The van der Waals surface area contributed by atoms with E-state index in [4.69, 9.17) is 0 Å². The van der Waals surface area contributed by atoms with Gasteiger partial charge in [-0.05, 0) is 30.7 Å². The Balaban J connectivity index is 2.03. The summed E-state index contributed by atoms with van der Waals surface area (Å²) >= 11 is 0. The van der Waals surface area contributed by atoms with E-state index in [1.165, 1.54) is 6.07 Å². The standard InChI is InChI=1S/C17H15F2N3O/c1-10(11(2)23)9-22-17-6-13(7-20-16(17)8-21-22)12-3-4-14(18)15(19)5-12/h3-8,10H,9H2,1-2H3/t10-/m0/s1. The number of benzene rings is 1. The third-order valence-electron chi connectivity index (χ3n) is 3.89. The molecule has 0 amide bonds. The minimum Gasteiger partial charge on any atom is -0.300 e. The number of halogens is 2. The van der Waals surface area contributed by atoms with Crippen molar-refractivity contribution >= 4 is 16.8 Å². The fourth-order valence-corrected chi connectivity index (χ4v) is 2.32. The topological polar surface area (TPSA) is 47.8 Å². The fraction of sp³-hybridized carbons (Fsp3) is 0.235. The molecular formula is C17H15F2N3O. The zero-order valence-corrected chi connectivity index (χ0v) is 12.8. The number of hydrogen-bond donors (Lipinski definition) is 0. The van der Waals surface area contributed by atoms with E-state index in [-0.39, 0.29) is 11.7 Å². The van der Waals surface area contributed by atoms with Crippen molar-refractivity contribution in [3.63, 3.8) is 0 Å². The van der Waals surface area contributed by atoms with Gasteiger partial charge in [-0.15, -0.1) is 0 Å². The summed E-state index contributed by atoms with van der Waals surface area (Å²) in [7, 11) is 0. The van der Waals surface area contributed by atoms with Crippen molar-refractivity contribution in [1.29, 1.82) is 0 Å². The highest BCUT2D eigenvalue weighted by Crippen LogP contribution is 2.24. The van der Waals surface area contributed by atoms with Crippen LogP contribution < -0.4 is 0 Å². The summed E-state index contributed by atoms with van der Waals surface area (Å²) in [5, 5.41) is 4.25. The molecule has 0 saturated carbocycles. The van der Waals surface area contributed by atoms with Gasteiger partial charge in [-0.1, -0.05) is 13.0 Å². The number of nitrogens with zero attached hydrogens (tertiary/aromatic N) is 3. The SMILES string of the molecule is CC(=O)[C@@H](C)Cn1ncc2ncc(-c3ccc(F)c(F)c3)cc21. The summed E-state index contributed by atoms with van der Waals surface area (Å²) in [6.07, 6.45) is 3.21. The number of Topliss-reactive ketones (excluding diaryl/α,β-unsaturated/α-hetero) is 1. The maximum Gasteiger partial charge on any atom is 0.159 e. The van der Waals surface area contributed by atoms with Gasteiger partial charge in [-0.2, -0.15) is 5.10 Å². The van der Waals surface area contributed by atoms with Crippen molar-refractivity contribution in [3.8, 4) is 11.1 Å². The van der Waals surface area contributed by atoms with Crippen molar-refractivity contribution in [2.75, 3.05) is 0 Å². The van der Waals surface area contributed by atoms with Gasteiger partial charge in [0, 0.05) is 17.7 Å². The number of fused-ring (bicyclic) bond motifs is 1. The van der Waals surface area contributed by atoms with Gasteiger partial charge >= 0.3 is 0 Å². The van der Waals surface area contributed by atoms with Crippen LogP contribution in [0.15, 0.2) is 36.7 Å². The van der Waals surface area contributed by atoms with Gasteiger partial charge in [0.2, 0.25) is 0 Å². The Hall–Kier alpha value is -2.63. The fourth-order valence-electron chi connectivity index (χ4n) is 2.32. The number of carbonyl (C=O) groups excluding carboxylic acids is 1. The lowest BCUT2D eigenvalue weighted by molar-refractivity contribution is -0.120. The molecule has 0 aliphatic rings. The average molecular weight is 315 g/mol. The van der Waals surface area contributed by atoms with Gasteiger partial charge in [-0.3, -0.25) is 14.5 Å². The van der Waals surface area contributed by atoms with Crippen LogP contribution >= 0.6 is 0 Å². The summed E-state index contributed by atoms with van der Waals surface area (Å²) < 4.78 is 28.2. The van der Waals surface area contributed by atoms with E-state index in [1.807, 2.05) is 13.0 Å². The predicted molar refractivity (Wildman–Crippen MR) is 82.7 cm³/mol. The summed E-state index contributed by atoms with van der Waals surface area (Å²) in [4.78, 5) is 15.7. The molecule has 23 heavy (non-hydrogen) atoms. The highest BCUT2D eigenvalue weighted by Gasteiger charge is 2.13. The molecule has 1 atom stereocenters. The van der Waals surface area contributed by atoms with E-state index in [2.05, 4.69) is 10.1 Å². The first kappa shape index (κ1) is 15.3. The van der Waals surface area contributed by atoms with E-state index in [0.29, 0.717) is 23.2 Å². The van der Waals surface area contributed by atoms with Crippen LogP contribution in [0.2, 0.25) is 0 Å². The molecule has 0 aliphatic carbocycles. The molecule has 4 nitrogen and oxygen atoms in total. The van der Waals surface area contributed by atoms with E-state index < -0.39 is 11.6 Å². The zero-order valence-electron chi connectivity index (χ0n) is 12.8. The van der Waals surface area contributed by atoms with Crippen LogP contribution in [-0.2, 0) is 11.3 Å². The van der Waals surface area contributed by atoms with Crippen LogP contribution in [0.1, 0.15) is 13.8 Å². The number of aromatic nitrogens is 3. The maximum absolute atomic E-state index is 13.4. The molecule has 0 bridgehead atoms. The van der Waals surface area contributed by atoms with Crippen LogP contribution in [-0.4, -0.2) is 20.5 Å². The molecule has 2 heterocycles. The highest BCUT2D eigenvalue weighted by atomic mass is 19.2. The van der Waals surface area contributed by atoms with Gasteiger partial charge in [-0.25, -0.2) is 8.78 Å². The molecule has 0 aliphatic heterocycles. The van der Waals surface area contributed by atoms with Gasteiger partial charge in [0.05, 0.1) is 18.3 Å². The minimum atomic E-state index is -0.902. The molecular weight excluding hydrogens is 300 g/mol. The lowest BCUT2D eigenvalue weighted by atomic mass is 10.1. The molecule has 3 aromatic rings. The smallest absolute Gasteiger partial charge is 0.159 e. The first-order valence-electron chi connectivity index (χ1n) is 7.23. The van der Waals surface area contributed by atoms with Crippen molar-refractivity contribution in [1.82, 2.24) is 14.8 Å². The summed E-state index contributed by atoms with van der Waals surface area (Å²) in [5.74, 6) is -1.87. The minimum absolute atomic E-state index is 0.0818. The third-order valence-corrected chi connectivity index (χ3v) is 3.89. The molecule has 0 unspecified atom stereocenters. The molecule has 0 fully saturated rings. The lowest BCUT2D eigenvalue weighted by Gasteiger charge is -2.09. The molecule has 0 saturated heterocycles. The second-order valence-electron chi connectivity index (χ2n) is 5.60. The molecule has 2 aromatic heterocycles. The summed E-state index contributed by atoms with van der Waals surface area (Å²) in [6.45, 7) is 3.82. The van der Waals surface area contributed by atoms with Crippen molar-refractivity contribution in [2.24, 2.45) is 5.92 Å². The molecule has 118 valence electrons. The number of pyridine rings is 1. The number of ketones is 1. The van der Waals surface area contributed by atoms with Crippen molar-refractivity contribution in [2.45, 2.75) is 20.4 Å². The van der Waals surface area contributed by atoms with E-state index in [1.54, 1.807) is 24.0 Å². The predicted octanol–water partition coefficient (Wildman–Crippen LogP) is 3.60.